The molecule has 0 aromatic carbocycles. The van der Waals surface area contributed by atoms with Crippen molar-refractivity contribution in [2.45, 2.75) is 58.0 Å². The van der Waals surface area contributed by atoms with E-state index in [0.29, 0.717) is 12.8 Å². The topological polar surface area (TPSA) is 145 Å². The fourth-order valence-corrected chi connectivity index (χ4v) is 2.08. The molecule has 142 valence electrons. The lowest BCUT2D eigenvalue weighted by Gasteiger charge is -2.15. The molecule has 1 rings (SSSR count). The summed E-state index contributed by atoms with van der Waals surface area (Å²) in [4.78, 5) is 45.8. The summed E-state index contributed by atoms with van der Waals surface area (Å²) in [6.07, 6.45) is 0.0368. The molecule has 0 aromatic heterocycles. The Bertz CT molecular complexity index is 470. The van der Waals surface area contributed by atoms with Gasteiger partial charge in [0.2, 0.25) is 0 Å². The molecule has 1 saturated carbocycles. The van der Waals surface area contributed by atoms with E-state index in [1.54, 1.807) is 0 Å². The molecule has 1 aliphatic carbocycles. The van der Waals surface area contributed by atoms with Crippen molar-refractivity contribution in [2.24, 2.45) is 0 Å². The average molecular weight is 362 g/mol. The second kappa shape index (κ2) is 9.59. The van der Waals surface area contributed by atoms with Crippen molar-refractivity contribution in [2.75, 3.05) is 13.2 Å². The molecule has 1 fully saturated rings. The van der Waals surface area contributed by atoms with Crippen molar-refractivity contribution >= 4 is 12.2 Å². The third kappa shape index (κ3) is 5.72. The van der Waals surface area contributed by atoms with E-state index in [1.165, 1.54) is 0 Å². The van der Waals surface area contributed by atoms with E-state index >= 15 is 0 Å². The van der Waals surface area contributed by atoms with E-state index in [9.17, 15) is 29.8 Å². The Morgan fingerprint density at radius 2 is 1.28 bits per heavy atom. The van der Waals surface area contributed by atoms with E-state index in [2.05, 4.69) is 0 Å². The number of nitro groups is 2. The molecule has 0 bridgehead atoms. The number of hydrogen-bond acceptors (Lipinski definition) is 8. The van der Waals surface area contributed by atoms with Crippen LogP contribution in [0.2, 0.25) is 0 Å². The van der Waals surface area contributed by atoms with Gasteiger partial charge in [0.15, 0.2) is 10.1 Å². The lowest BCUT2D eigenvalue weighted by atomic mass is 10.4. The van der Waals surface area contributed by atoms with Gasteiger partial charge >= 0.3 is 12.2 Å². The summed E-state index contributed by atoms with van der Waals surface area (Å²) in [7, 11) is 0. The molecule has 0 N–H and O–H groups in total. The Labute approximate surface area is 143 Å². The highest BCUT2D eigenvalue weighted by molar-refractivity contribution is 5.69. The highest BCUT2D eigenvalue weighted by atomic mass is 16.7. The fraction of sp³-hybridized carbons (Fsp3) is 0.846. The van der Waals surface area contributed by atoms with Crippen LogP contribution < -0.4 is 0 Å². The predicted molar refractivity (Wildman–Crippen MR) is 82.4 cm³/mol. The van der Waals surface area contributed by atoms with Crippen LogP contribution in [0.15, 0.2) is 0 Å². The van der Waals surface area contributed by atoms with Gasteiger partial charge in [0, 0.05) is 6.42 Å². The van der Waals surface area contributed by atoms with Crippen LogP contribution in [0.1, 0.15) is 46.0 Å². The summed E-state index contributed by atoms with van der Waals surface area (Å²) in [6.45, 7) is 3.73. The molecule has 0 radical (unpaired) electrons. The number of hydrazine groups is 2. The van der Waals surface area contributed by atoms with Crippen LogP contribution in [-0.4, -0.2) is 57.6 Å². The first-order valence-corrected chi connectivity index (χ1v) is 8.05. The molecule has 12 nitrogen and oxygen atoms in total. The number of ether oxygens (including phenoxy) is 2. The van der Waals surface area contributed by atoms with Crippen molar-refractivity contribution in [3.8, 4) is 0 Å². The second-order valence-corrected chi connectivity index (χ2v) is 5.47. The van der Waals surface area contributed by atoms with Gasteiger partial charge in [0.05, 0.1) is 13.2 Å². The molecule has 0 saturated heterocycles. The summed E-state index contributed by atoms with van der Waals surface area (Å²) in [5.41, 5.74) is 0. The van der Waals surface area contributed by atoms with Crippen LogP contribution in [-0.2, 0) is 9.47 Å². The molecule has 12 heteroatoms. The molecule has 0 aliphatic heterocycles. The molecular formula is C13H22N4O8. The molecule has 0 aromatic rings. The fourth-order valence-electron chi connectivity index (χ4n) is 2.08. The van der Waals surface area contributed by atoms with Gasteiger partial charge in [-0.2, -0.15) is 0 Å². The van der Waals surface area contributed by atoms with Crippen LogP contribution in [0.25, 0.3) is 0 Å². The smallest absolute Gasteiger partial charge is 0.446 e. The molecule has 0 heterocycles. The van der Waals surface area contributed by atoms with E-state index in [4.69, 9.17) is 9.47 Å². The molecular weight excluding hydrogens is 340 g/mol. The normalized spacial score (nSPS) is 18.2. The number of amides is 2. The maximum Gasteiger partial charge on any atom is 0.468 e. The number of hydrogen-bond donors (Lipinski definition) is 0. The minimum absolute atomic E-state index is 0.00900. The largest absolute Gasteiger partial charge is 0.468 e. The van der Waals surface area contributed by atoms with Gasteiger partial charge < -0.3 is 9.47 Å². The second-order valence-electron chi connectivity index (χ2n) is 5.47. The third-order valence-electron chi connectivity index (χ3n) is 3.53. The monoisotopic (exact) mass is 362 g/mol. The first-order chi connectivity index (χ1) is 11.8. The molecule has 25 heavy (non-hydrogen) atoms. The van der Waals surface area contributed by atoms with Crippen molar-refractivity contribution in [1.82, 2.24) is 10.0 Å². The summed E-state index contributed by atoms with van der Waals surface area (Å²) in [5.74, 6) is 0. The highest BCUT2D eigenvalue weighted by Crippen LogP contribution is 2.34. The lowest BCUT2D eigenvalue weighted by Crippen LogP contribution is -2.46. The van der Waals surface area contributed by atoms with Crippen LogP contribution >= 0.6 is 0 Å². The lowest BCUT2D eigenvalue weighted by molar-refractivity contribution is -0.653. The Morgan fingerprint density at radius 1 is 0.920 bits per heavy atom. The molecule has 2 amide bonds. The van der Waals surface area contributed by atoms with Crippen LogP contribution in [0.5, 0.6) is 0 Å². The van der Waals surface area contributed by atoms with Gasteiger partial charge in [-0.1, -0.05) is 26.7 Å². The summed E-state index contributed by atoms with van der Waals surface area (Å²) in [6, 6.07) is -2.26. The number of unbranched alkanes of at least 4 members (excludes halogenated alkanes) is 2. The standard InChI is InChI=1S/C13H22N4O8/c1-3-5-7-24-12(18)14(16(20)21)10-9-11(10)15(17(22)23)13(19)25-8-6-4-2/h10-11H,3-9H2,1-2H3/t10-,11-/m1/s1. The maximum absolute atomic E-state index is 11.8. The van der Waals surface area contributed by atoms with Gasteiger partial charge in [-0.05, 0) is 22.9 Å². The van der Waals surface area contributed by atoms with Gasteiger partial charge in [-0.3, -0.25) is 0 Å². The third-order valence-corrected chi connectivity index (χ3v) is 3.53. The number of carbonyl (C=O) groups is 2. The van der Waals surface area contributed by atoms with E-state index in [-0.39, 0.29) is 29.7 Å². The zero-order valence-corrected chi connectivity index (χ0v) is 14.2. The summed E-state index contributed by atoms with van der Waals surface area (Å²) in [5, 5.41) is 20.6. The maximum atomic E-state index is 11.8. The first-order valence-electron chi connectivity index (χ1n) is 8.05. The number of rotatable bonds is 10. The van der Waals surface area contributed by atoms with Gasteiger partial charge in [-0.25, -0.2) is 29.8 Å². The summed E-state index contributed by atoms with van der Waals surface area (Å²) >= 11 is 0. The van der Waals surface area contributed by atoms with Gasteiger partial charge in [0.1, 0.15) is 12.1 Å². The van der Waals surface area contributed by atoms with Crippen LogP contribution in [0.3, 0.4) is 0 Å². The van der Waals surface area contributed by atoms with Crippen molar-refractivity contribution in [1.29, 1.82) is 0 Å². The molecule has 2 atom stereocenters. The van der Waals surface area contributed by atoms with Gasteiger partial charge in [-0.15, -0.1) is 0 Å². The van der Waals surface area contributed by atoms with Crippen molar-refractivity contribution < 1.29 is 29.1 Å². The molecule has 1 aliphatic rings. The molecule has 0 spiro atoms. The van der Waals surface area contributed by atoms with Crippen molar-refractivity contribution in [3.05, 3.63) is 20.2 Å². The minimum Gasteiger partial charge on any atom is -0.446 e. The van der Waals surface area contributed by atoms with Gasteiger partial charge in [0.25, 0.3) is 0 Å². The van der Waals surface area contributed by atoms with E-state index in [1.807, 2.05) is 13.8 Å². The Morgan fingerprint density at radius 3 is 1.56 bits per heavy atom. The predicted octanol–water partition coefficient (Wildman–Crippen LogP) is 1.99. The van der Waals surface area contributed by atoms with Crippen LogP contribution in [0, 0.1) is 20.2 Å². The van der Waals surface area contributed by atoms with Crippen LogP contribution in [0.4, 0.5) is 9.59 Å². The Balaban J connectivity index is 2.72. The SMILES string of the molecule is CCCCOC(=O)N([C@@H]1C[C@H]1N(C(=O)OCCCC)[N+](=O)[O-])[N+](=O)[O-]. The van der Waals surface area contributed by atoms with E-state index in [0.717, 1.165) is 12.8 Å². The Hall–Kier alpha value is -2.66. The highest BCUT2D eigenvalue weighted by Gasteiger charge is 2.60. The number of carbonyl (C=O) groups excluding carboxylic acids is 2. The average Bonchev–Trinajstić information content (AvgIpc) is 3.26. The first kappa shape index (κ1) is 20.4. The quantitative estimate of drug-likeness (QED) is 0.326. The van der Waals surface area contributed by atoms with Crippen molar-refractivity contribution in [3.63, 3.8) is 0 Å². The summed E-state index contributed by atoms with van der Waals surface area (Å²) < 4.78 is 9.55. The Kier molecular flexibility index (Phi) is 7.82. The minimum atomic E-state index is -1.20. The number of nitrogens with zero attached hydrogens (tertiary/aromatic N) is 4. The zero-order chi connectivity index (χ0) is 19.0. The zero-order valence-electron chi connectivity index (χ0n) is 14.2. The van der Waals surface area contributed by atoms with E-state index < -0.39 is 34.3 Å². The molecule has 0 unspecified atom stereocenters.